The van der Waals surface area contributed by atoms with Crippen molar-refractivity contribution in [3.8, 4) is 5.75 Å². The molecule has 1 rings (SSSR count). The number of nitrogens with one attached hydrogen (secondary N) is 1. The molecule has 0 bridgehead atoms. The first-order valence-corrected chi connectivity index (χ1v) is 7.07. The second-order valence-electron chi connectivity index (χ2n) is 5.05. The van der Waals surface area contributed by atoms with Gasteiger partial charge in [0, 0.05) is 12.8 Å². The maximum absolute atomic E-state index is 12.3. The zero-order chi connectivity index (χ0) is 15.2. The van der Waals surface area contributed by atoms with E-state index >= 15 is 0 Å². The molecule has 4 nitrogen and oxygen atoms in total. The summed E-state index contributed by atoms with van der Waals surface area (Å²) in [5.74, 6) is 0.721. The highest BCUT2D eigenvalue weighted by Gasteiger charge is 2.32. The van der Waals surface area contributed by atoms with Crippen LogP contribution in [0, 0.1) is 6.92 Å². The van der Waals surface area contributed by atoms with E-state index in [0.717, 1.165) is 23.4 Å². The fraction of sp³-hybridized carbons (Fsp3) is 0.562. The molecule has 1 aromatic carbocycles. The van der Waals surface area contributed by atoms with Gasteiger partial charge >= 0.3 is 0 Å². The van der Waals surface area contributed by atoms with E-state index in [1.165, 1.54) is 0 Å². The van der Waals surface area contributed by atoms with Crippen molar-refractivity contribution < 1.29 is 14.3 Å². The lowest BCUT2D eigenvalue weighted by Crippen LogP contribution is -2.41. The van der Waals surface area contributed by atoms with E-state index in [0.29, 0.717) is 13.0 Å². The van der Waals surface area contributed by atoms with E-state index in [9.17, 15) is 4.79 Å². The summed E-state index contributed by atoms with van der Waals surface area (Å²) in [5.41, 5.74) is 0.968. The molecule has 1 N–H and O–H groups in total. The normalized spacial score (nSPS) is 13.7. The van der Waals surface area contributed by atoms with Crippen molar-refractivity contribution in [1.82, 2.24) is 0 Å². The van der Waals surface area contributed by atoms with Crippen molar-refractivity contribution in [2.75, 3.05) is 19.0 Å². The molecule has 112 valence electrons. The van der Waals surface area contributed by atoms with Crippen LogP contribution in [0.3, 0.4) is 0 Å². The minimum Gasteiger partial charge on any atom is -0.494 e. The summed E-state index contributed by atoms with van der Waals surface area (Å²) >= 11 is 0. The summed E-state index contributed by atoms with van der Waals surface area (Å²) in [6.07, 6.45) is 1.57. The summed E-state index contributed by atoms with van der Waals surface area (Å²) in [6, 6.07) is 5.63. The van der Waals surface area contributed by atoms with Crippen LogP contribution in [0.1, 0.15) is 39.2 Å². The van der Waals surface area contributed by atoms with Crippen LogP contribution in [0.2, 0.25) is 0 Å². The molecule has 1 amide bonds. The Bertz CT molecular complexity index is 459. The molecule has 0 fully saturated rings. The molecule has 0 heterocycles. The molecular formula is C16H25NO3. The number of amides is 1. The van der Waals surface area contributed by atoms with Gasteiger partial charge in [-0.1, -0.05) is 13.3 Å². The van der Waals surface area contributed by atoms with Crippen molar-refractivity contribution in [1.29, 1.82) is 0 Å². The third kappa shape index (κ3) is 3.97. The summed E-state index contributed by atoms with van der Waals surface area (Å²) in [5, 5.41) is 2.91. The summed E-state index contributed by atoms with van der Waals surface area (Å²) < 4.78 is 10.9. The van der Waals surface area contributed by atoms with E-state index in [1.807, 2.05) is 45.9 Å². The Labute approximate surface area is 121 Å². The number of methoxy groups -OCH3 is 1. The molecule has 1 unspecified atom stereocenters. The average Bonchev–Trinajstić information content (AvgIpc) is 2.42. The van der Waals surface area contributed by atoms with Gasteiger partial charge in [-0.05, 0) is 51.0 Å². The van der Waals surface area contributed by atoms with Crippen LogP contribution in [0.15, 0.2) is 18.2 Å². The largest absolute Gasteiger partial charge is 0.494 e. The van der Waals surface area contributed by atoms with Gasteiger partial charge in [-0.15, -0.1) is 0 Å². The summed E-state index contributed by atoms with van der Waals surface area (Å²) in [6.45, 7) is 8.38. The number of hydrogen-bond donors (Lipinski definition) is 1. The number of anilines is 1. The quantitative estimate of drug-likeness (QED) is 0.830. The number of hydrogen-bond acceptors (Lipinski definition) is 3. The topological polar surface area (TPSA) is 47.6 Å². The van der Waals surface area contributed by atoms with Gasteiger partial charge in [0.1, 0.15) is 11.4 Å². The molecule has 20 heavy (non-hydrogen) atoms. The summed E-state index contributed by atoms with van der Waals surface area (Å²) in [4.78, 5) is 12.3. The maximum atomic E-state index is 12.3. The van der Waals surface area contributed by atoms with Gasteiger partial charge in [0.2, 0.25) is 0 Å². The first-order chi connectivity index (χ1) is 9.46. The Kier molecular flexibility index (Phi) is 6.02. The number of benzene rings is 1. The van der Waals surface area contributed by atoms with E-state index in [2.05, 4.69) is 5.32 Å². The number of carbonyl (C=O) groups excluding carboxylic acids is 1. The Morgan fingerprint density at radius 3 is 2.55 bits per heavy atom. The van der Waals surface area contributed by atoms with Crippen molar-refractivity contribution >= 4 is 11.6 Å². The second-order valence-corrected chi connectivity index (χ2v) is 5.05. The molecule has 0 aliphatic heterocycles. The molecule has 0 aliphatic rings. The van der Waals surface area contributed by atoms with Gasteiger partial charge in [-0.3, -0.25) is 4.79 Å². The molecule has 0 aliphatic carbocycles. The van der Waals surface area contributed by atoms with E-state index in [-0.39, 0.29) is 5.91 Å². The first kappa shape index (κ1) is 16.5. The molecule has 1 atom stereocenters. The van der Waals surface area contributed by atoms with Crippen molar-refractivity contribution in [2.24, 2.45) is 0 Å². The Morgan fingerprint density at radius 2 is 2.05 bits per heavy atom. The molecule has 1 aromatic rings. The Hall–Kier alpha value is -1.55. The van der Waals surface area contributed by atoms with Crippen LogP contribution in [0.5, 0.6) is 5.75 Å². The molecule has 0 aromatic heterocycles. The van der Waals surface area contributed by atoms with Crippen molar-refractivity contribution in [2.45, 2.75) is 46.1 Å². The molecule has 0 radical (unpaired) electrons. The molecule has 4 heteroatoms. The van der Waals surface area contributed by atoms with E-state index in [4.69, 9.17) is 9.47 Å². The highest BCUT2D eigenvalue weighted by Crippen LogP contribution is 2.24. The molecule has 0 saturated heterocycles. The maximum Gasteiger partial charge on any atom is 0.256 e. The number of rotatable bonds is 7. The molecule has 0 spiro atoms. The van der Waals surface area contributed by atoms with E-state index < -0.39 is 5.60 Å². The summed E-state index contributed by atoms with van der Waals surface area (Å²) in [7, 11) is 1.57. The predicted octanol–water partition coefficient (Wildman–Crippen LogP) is 3.54. The van der Waals surface area contributed by atoms with Crippen LogP contribution in [0.25, 0.3) is 0 Å². The van der Waals surface area contributed by atoms with Gasteiger partial charge in [0.05, 0.1) is 6.61 Å². The van der Waals surface area contributed by atoms with Crippen molar-refractivity contribution in [3.05, 3.63) is 23.8 Å². The Morgan fingerprint density at radius 1 is 1.35 bits per heavy atom. The zero-order valence-electron chi connectivity index (χ0n) is 13.1. The van der Waals surface area contributed by atoms with Gasteiger partial charge in [-0.25, -0.2) is 0 Å². The third-order valence-corrected chi connectivity index (χ3v) is 3.39. The lowest BCUT2D eigenvalue weighted by Gasteiger charge is -2.26. The minimum absolute atomic E-state index is 0.120. The minimum atomic E-state index is -0.790. The van der Waals surface area contributed by atoms with Crippen LogP contribution in [-0.2, 0) is 9.53 Å². The van der Waals surface area contributed by atoms with E-state index in [1.54, 1.807) is 7.11 Å². The van der Waals surface area contributed by atoms with Crippen LogP contribution in [0.4, 0.5) is 5.69 Å². The SMILES string of the molecule is CCCC(C)(OC)C(=O)Nc1ccc(OCC)c(C)c1. The third-order valence-electron chi connectivity index (χ3n) is 3.39. The predicted molar refractivity (Wildman–Crippen MR) is 81.3 cm³/mol. The Balaban J connectivity index is 2.82. The number of carbonyl (C=O) groups is 1. The van der Waals surface area contributed by atoms with Crippen molar-refractivity contribution in [3.63, 3.8) is 0 Å². The smallest absolute Gasteiger partial charge is 0.256 e. The second kappa shape index (κ2) is 7.29. The number of ether oxygens (including phenoxy) is 2. The van der Waals surface area contributed by atoms with Gasteiger partial charge < -0.3 is 14.8 Å². The lowest BCUT2D eigenvalue weighted by atomic mass is 9.99. The van der Waals surface area contributed by atoms with Gasteiger partial charge in [0.15, 0.2) is 0 Å². The molecule has 0 saturated carbocycles. The van der Waals surface area contributed by atoms with Crippen LogP contribution in [-0.4, -0.2) is 25.2 Å². The highest BCUT2D eigenvalue weighted by molar-refractivity contribution is 5.97. The monoisotopic (exact) mass is 279 g/mol. The highest BCUT2D eigenvalue weighted by atomic mass is 16.5. The number of aryl methyl sites for hydroxylation is 1. The fourth-order valence-electron chi connectivity index (χ4n) is 2.09. The zero-order valence-corrected chi connectivity index (χ0v) is 13.1. The fourth-order valence-corrected chi connectivity index (χ4v) is 2.09. The standard InChI is InChI=1S/C16H25NO3/c1-6-10-16(4,19-5)15(18)17-13-8-9-14(20-7-2)12(3)11-13/h8-9,11H,6-7,10H2,1-5H3,(H,17,18). The van der Waals surface area contributed by atoms with Crippen LogP contribution < -0.4 is 10.1 Å². The molecular weight excluding hydrogens is 254 g/mol. The van der Waals surface area contributed by atoms with Gasteiger partial charge in [-0.2, -0.15) is 0 Å². The average molecular weight is 279 g/mol. The first-order valence-electron chi connectivity index (χ1n) is 7.07. The van der Waals surface area contributed by atoms with Gasteiger partial charge in [0.25, 0.3) is 5.91 Å². The van der Waals surface area contributed by atoms with Crippen LogP contribution >= 0.6 is 0 Å². The lowest BCUT2D eigenvalue weighted by molar-refractivity contribution is -0.136.